The minimum atomic E-state index is 0.542. The predicted octanol–water partition coefficient (Wildman–Crippen LogP) is 3.78. The van der Waals surface area contributed by atoms with Crippen LogP contribution in [0, 0.1) is 18.3 Å². The Morgan fingerprint density at radius 1 is 1.33 bits per heavy atom. The van der Waals surface area contributed by atoms with Crippen molar-refractivity contribution in [2.24, 2.45) is 0 Å². The van der Waals surface area contributed by atoms with Gasteiger partial charge in [0.15, 0.2) is 0 Å². The molecule has 0 aliphatic rings. The lowest BCUT2D eigenvalue weighted by molar-refractivity contribution is 0.987. The average Bonchev–Trinajstić information content (AvgIpc) is 2.81. The number of aromatic nitrogens is 2. The summed E-state index contributed by atoms with van der Waals surface area (Å²) in [5.74, 6) is 0. The van der Waals surface area contributed by atoms with Gasteiger partial charge in [-0.05, 0) is 37.3 Å². The second-order valence-corrected chi connectivity index (χ2v) is 5.14. The van der Waals surface area contributed by atoms with E-state index in [0.717, 1.165) is 22.7 Å². The Bertz CT molecular complexity index is 845. The number of anilines is 1. The quantitative estimate of drug-likeness (QED) is 0.800. The summed E-state index contributed by atoms with van der Waals surface area (Å²) in [5.41, 5.74) is 4.36. The molecule has 2 heterocycles. The maximum absolute atomic E-state index is 8.85. The molecule has 0 atom stereocenters. The van der Waals surface area contributed by atoms with E-state index in [4.69, 9.17) is 16.9 Å². The summed E-state index contributed by atoms with van der Waals surface area (Å²) >= 11 is 6.17. The number of benzene rings is 1. The molecule has 4 nitrogen and oxygen atoms in total. The number of nitrogens with zero attached hydrogens (tertiary/aromatic N) is 3. The molecule has 1 N–H and O–H groups in total. The minimum Gasteiger partial charge on any atom is -0.378 e. The number of halogens is 1. The highest BCUT2D eigenvalue weighted by molar-refractivity contribution is 6.33. The fourth-order valence-electron chi connectivity index (χ4n) is 2.28. The van der Waals surface area contributed by atoms with E-state index in [1.54, 1.807) is 12.1 Å². The summed E-state index contributed by atoms with van der Waals surface area (Å²) in [7, 11) is 0. The molecule has 0 unspecified atom stereocenters. The molecule has 0 spiro atoms. The molecule has 3 rings (SSSR count). The number of nitriles is 1. The summed E-state index contributed by atoms with van der Waals surface area (Å²) < 4.78 is 2.06. The molecule has 0 aliphatic carbocycles. The molecule has 21 heavy (non-hydrogen) atoms. The Hall–Kier alpha value is -2.51. The van der Waals surface area contributed by atoms with Gasteiger partial charge in [0.25, 0.3) is 0 Å². The van der Waals surface area contributed by atoms with Crippen LogP contribution in [0.2, 0.25) is 5.02 Å². The molecule has 0 bridgehead atoms. The molecule has 0 aliphatic heterocycles. The van der Waals surface area contributed by atoms with E-state index in [1.807, 2.05) is 37.4 Å². The van der Waals surface area contributed by atoms with Crippen LogP contribution in [-0.4, -0.2) is 9.38 Å². The van der Waals surface area contributed by atoms with Gasteiger partial charge in [-0.25, -0.2) is 4.98 Å². The van der Waals surface area contributed by atoms with E-state index in [2.05, 4.69) is 20.8 Å². The van der Waals surface area contributed by atoms with Gasteiger partial charge in [0.2, 0.25) is 0 Å². The minimum absolute atomic E-state index is 0.542. The molecule has 5 heteroatoms. The van der Waals surface area contributed by atoms with Crippen molar-refractivity contribution in [1.82, 2.24) is 9.38 Å². The zero-order valence-corrected chi connectivity index (χ0v) is 12.2. The number of pyridine rings is 1. The fourth-order valence-corrected chi connectivity index (χ4v) is 2.53. The number of imidazole rings is 1. The van der Waals surface area contributed by atoms with Gasteiger partial charge in [-0.2, -0.15) is 5.26 Å². The number of fused-ring (bicyclic) bond motifs is 1. The van der Waals surface area contributed by atoms with Crippen molar-refractivity contribution in [2.75, 3.05) is 5.32 Å². The van der Waals surface area contributed by atoms with E-state index in [0.29, 0.717) is 17.1 Å². The van der Waals surface area contributed by atoms with Gasteiger partial charge in [-0.3, -0.25) is 0 Å². The highest BCUT2D eigenvalue weighted by atomic mass is 35.5. The number of aryl methyl sites for hydroxylation is 1. The van der Waals surface area contributed by atoms with Crippen LogP contribution < -0.4 is 5.32 Å². The third-order valence-corrected chi connectivity index (χ3v) is 3.69. The molecule has 0 fully saturated rings. The zero-order chi connectivity index (χ0) is 14.8. The lowest BCUT2D eigenvalue weighted by atomic mass is 10.2. The summed E-state index contributed by atoms with van der Waals surface area (Å²) in [6, 6.07) is 13.2. The van der Waals surface area contributed by atoms with Crippen LogP contribution >= 0.6 is 11.6 Å². The Kier molecular flexibility index (Phi) is 3.51. The molecule has 2 aromatic heterocycles. The Balaban J connectivity index is 1.87. The van der Waals surface area contributed by atoms with Gasteiger partial charge in [-0.15, -0.1) is 0 Å². The molecule has 3 aromatic rings. The van der Waals surface area contributed by atoms with Gasteiger partial charge < -0.3 is 9.72 Å². The van der Waals surface area contributed by atoms with Gasteiger partial charge in [0, 0.05) is 6.20 Å². The van der Waals surface area contributed by atoms with Crippen LogP contribution in [0.1, 0.15) is 17.0 Å². The second-order valence-electron chi connectivity index (χ2n) is 4.73. The third-order valence-electron chi connectivity index (χ3n) is 3.37. The molecular formula is C16H13ClN4. The second kappa shape index (κ2) is 5.47. The Morgan fingerprint density at radius 3 is 2.95 bits per heavy atom. The number of rotatable bonds is 3. The molecule has 0 saturated carbocycles. The van der Waals surface area contributed by atoms with Crippen LogP contribution in [0.15, 0.2) is 42.6 Å². The summed E-state index contributed by atoms with van der Waals surface area (Å²) in [4.78, 5) is 4.52. The van der Waals surface area contributed by atoms with Gasteiger partial charge in [0.1, 0.15) is 5.65 Å². The van der Waals surface area contributed by atoms with Crippen molar-refractivity contribution in [2.45, 2.75) is 13.5 Å². The highest BCUT2D eigenvalue weighted by Gasteiger charge is 2.09. The molecule has 104 valence electrons. The SMILES string of the molecule is Cc1nc2ccccn2c1CNc1ccc(C#N)cc1Cl. The first kappa shape index (κ1) is 13.5. The molecule has 0 radical (unpaired) electrons. The first-order valence-corrected chi connectivity index (χ1v) is 6.93. The Morgan fingerprint density at radius 2 is 2.19 bits per heavy atom. The summed E-state index contributed by atoms with van der Waals surface area (Å²) in [6.45, 7) is 2.60. The number of hydrogen-bond acceptors (Lipinski definition) is 3. The number of hydrogen-bond donors (Lipinski definition) is 1. The van der Waals surface area contributed by atoms with Crippen LogP contribution in [-0.2, 0) is 6.54 Å². The zero-order valence-electron chi connectivity index (χ0n) is 11.5. The lowest BCUT2D eigenvalue weighted by Crippen LogP contribution is -2.04. The van der Waals surface area contributed by atoms with Crippen molar-refractivity contribution in [3.63, 3.8) is 0 Å². The van der Waals surface area contributed by atoms with Crippen molar-refractivity contribution in [3.05, 3.63) is 64.6 Å². The first-order valence-electron chi connectivity index (χ1n) is 6.55. The van der Waals surface area contributed by atoms with Crippen LogP contribution in [0.4, 0.5) is 5.69 Å². The largest absolute Gasteiger partial charge is 0.378 e. The molecule has 1 aromatic carbocycles. The van der Waals surface area contributed by atoms with Crippen molar-refractivity contribution in [1.29, 1.82) is 5.26 Å². The van der Waals surface area contributed by atoms with E-state index < -0.39 is 0 Å². The van der Waals surface area contributed by atoms with E-state index in [1.165, 1.54) is 0 Å². The third kappa shape index (κ3) is 2.56. The van der Waals surface area contributed by atoms with Crippen molar-refractivity contribution in [3.8, 4) is 6.07 Å². The van der Waals surface area contributed by atoms with E-state index >= 15 is 0 Å². The van der Waals surface area contributed by atoms with Crippen molar-refractivity contribution >= 4 is 22.9 Å². The van der Waals surface area contributed by atoms with Crippen molar-refractivity contribution < 1.29 is 0 Å². The van der Waals surface area contributed by atoms with Gasteiger partial charge in [0.05, 0.1) is 40.3 Å². The fraction of sp³-hybridized carbons (Fsp3) is 0.125. The van der Waals surface area contributed by atoms with Crippen LogP contribution in [0.3, 0.4) is 0 Å². The van der Waals surface area contributed by atoms with Gasteiger partial charge >= 0.3 is 0 Å². The molecular weight excluding hydrogens is 284 g/mol. The van der Waals surface area contributed by atoms with Crippen LogP contribution in [0.5, 0.6) is 0 Å². The summed E-state index contributed by atoms with van der Waals surface area (Å²) in [5, 5.41) is 12.7. The smallest absolute Gasteiger partial charge is 0.137 e. The predicted molar refractivity (Wildman–Crippen MR) is 83.4 cm³/mol. The number of nitrogens with one attached hydrogen (secondary N) is 1. The maximum Gasteiger partial charge on any atom is 0.137 e. The molecule has 0 amide bonds. The maximum atomic E-state index is 8.85. The first-order chi connectivity index (χ1) is 10.2. The van der Waals surface area contributed by atoms with Crippen LogP contribution in [0.25, 0.3) is 5.65 Å². The lowest BCUT2D eigenvalue weighted by Gasteiger charge is -2.09. The molecule has 0 saturated heterocycles. The highest BCUT2D eigenvalue weighted by Crippen LogP contribution is 2.24. The topological polar surface area (TPSA) is 53.1 Å². The van der Waals surface area contributed by atoms with E-state index in [-0.39, 0.29) is 0 Å². The Labute approximate surface area is 127 Å². The summed E-state index contributed by atoms with van der Waals surface area (Å²) in [6.07, 6.45) is 1.99. The normalized spacial score (nSPS) is 10.5. The standard InChI is InChI=1S/C16H13ClN4/c1-11-15(21-7-3-2-4-16(21)20-11)10-19-14-6-5-12(9-18)8-13(14)17/h2-8,19H,10H2,1H3. The van der Waals surface area contributed by atoms with Gasteiger partial charge in [-0.1, -0.05) is 17.7 Å². The monoisotopic (exact) mass is 296 g/mol. The van der Waals surface area contributed by atoms with E-state index in [9.17, 15) is 0 Å². The average molecular weight is 297 g/mol.